The van der Waals surface area contributed by atoms with Crippen LogP contribution in [0.5, 0.6) is 0 Å². The van der Waals surface area contributed by atoms with Gasteiger partial charge in [0.25, 0.3) is 11.6 Å². The first-order valence-corrected chi connectivity index (χ1v) is 10.9. The number of carbonyl (C=O) groups is 2. The largest absolute Gasteiger partial charge is 0.452 e. The molecule has 2 aromatic rings. The molecule has 0 radical (unpaired) electrons. The fourth-order valence-electron chi connectivity index (χ4n) is 2.47. The third-order valence-electron chi connectivity index (χ3n) is 4.15. The van der Waals surface area contributed by atoms with E-state index >= 15 is 0 Å². The van der Waals surface area contributed by atoms with Crippen molar-refractivity contribution in [1.82, 2.24) is 4.31 Å². The van der Waals surface area contributed by atoms with Crippen LogP contribution in [0.2, 0.25) is 5.02 Å². The molecule has 0 aromatic heterocycles. The van der Waals surface area contributed by atoms with E-state index in [0.29, 0.717) is 11.1 Å². The number of hydrogen-bond acceptors (Lipinski definition) is 7. The van der Waals surface area contributed by atoms with Gasteiger partial charge in [-0.15, -0.1) is 0 Å². The third-order valence-corrected chi connectivity index (χ3v) is 6.43. The second kappa shape index (κ2) is 10.4. The number of amides is 1. The topological polar surface area (TPSA) is 136 Å². The van der Waals surface area contributed by atoms with E-state index in [4.69, 9.17) is 16.3 Å². The minimum absolute atomic E-state index is 0.0379. The summed E-state index contributed by atoms with van der Waals surface area (Å²) in [7, 11) is -0.903. The number of carbonyl (C=O) groups excluding carboxylic acids is 2. The molecule has 0 spiro atoms. The Morgan fingerprint density at radius 3 is 2.53 bits per heavy atom. The Morgan fingerprint density at radius 1 is 1.22 bits per heavy atom. The van der Waals surface area contributed by atoms with Gasteiger partial charge in [0.15, 0.2) is 6.61 Å². The molecule has 0 unspecified atom stereocenters. The lowest BCUT2D eigenvalue weighted by atomic mass is 10.2. The van der Waals surface area contributed by atoms with Crippen LogP contribution in [0.15, 0.2) is 47.4 Å². The first-order valence-electron chi connectivity index (χ1n) is 9.03. The van der Waals surface area contributed by atoms with Gasteiger partial charge in [-0.3, -0.25) is 14.9 Å². The van der Waals surface area contributed by atoms with Gasteiger partial charge in [0.2, 0.25) is 10.0 Å². The molecule has 0 bridgehead atoms. The second-order valence-corrected chi connectivity index (χ2v) is 9.25. The minimum atomic E-state index is -3.70. The second-order valence-electron chi connectivity index (χ2n) is 6.72. The van der Waals surface area contributed by atoms with Crippen LogP contribution in [0.1, 0.15) is 11.1 Å². The van der Waals surface area contributed by atoms with Crippen LogP contribution in [-0.4, -0.2) is 50.2 Å². The average molecular weight is 482 g/mol. The summed E-state index contributed by atoms with van der Waals surface area (Å²) >= 11 is 5.73. The number of anilines is 1. The number of rotatable bonds is 8. The zero-order valence-corrected chi connectivity index (χ0v) is 18.9. The van der Waals surface area contributed by atoms with Crippen molar-refractivity contribution in [3.8, 4) is 0 Å². The minimum Gasteiger partial charge on any atom is -0.452 e. The van der Waals surface area contributed by atoms with E-state index in [0.717, 1.165) is 10.4 Å². The molecule has 10 nitrogen and oxygen atoms in total. The van der Waals surface area contributed by atoms with Crippen LogP contribution < -0.4 is 5.32 Å². The predicted molar refractivity (Wildman–Crippen MR) is 119 cm³/mol. The molecule has 2 aromatic carbocycles. The summed E-state index contributed by atoms with van der Waals surface area (Å²) in [5.74, 6) is -1.52. The summed E-state index contributed by atoms with van der Waals surface area (Å²) in [6, 6.07) is 8.38. The number of esters is 1. The van der Waals surface area contributed by atoms with E-state index in [1.165, 1.54) is 50.5 Å². The van der Waals surface area contributed by atoms with E-state index in [2.05, 4.69) is 5.32 Å². The van der Waals surface area contributed by atoms with Gasteiger partial charge < -0.3 is 10.1 Å². The monoisotopic (exact) mass is 481 g/mol. The number of nitrogens with zero attached hydrogens (tertiary/aromatic N) is 2. The van der Waals surface area contributed by atoms with Crippen LogP contribution >= 0.6 is 11.6 Å². The zero-order chi connectivity index (χ0) is 24.1. The molecule has 12 heteroatoms. The van der Waals surface area contributed by atoms with E-state index in [9.17, 15) is 28.1 Å². The van der Waals surface area contributed by atoms with Gasteiger partial charge in [0.05, 0.1) is 9.82 Å². The van der Waals surface area contributed by atoms with Crippen molar-refractivity contribution in [3.05, 3.63) is 68.7 Å². The molecule has 1 amide bonds. The standard InChI is InChI=1S/C20H20ClN3O7S/c1-13-4-7-15(11-18(13)32(29,30)23(2)3)22-19(25)12-31-20(26)9-6-14-5-8-16(21)17(10-14)24(27)28/h4-11H,12H2,1-3H3,(H,22,25)/b9-6+. The van der Waals surface area contributed by atoms with Crippen LogP contribution in [0.4, 0.5) is 11.4 Å². The summed E-state index contributed by atoms with van der Waals surface area (Å²) in [5, 5.41) is 13.3. The fraction of sp³-hybridized carbons (Fsp3) is 0.200. The molecule has 0 aliphatic heterocycles. The molecular weight excluding hydrogens is 462 g/mol. The van der Waals surface area contributed by atoms with Gasteiger partial charge >= 0.3 is 5.97 Å². The number of ether oxygens (including phenoxy) is 1. The van der Waals surface area contributed by atoms with Gasteiger partial charge in [0, 0.05) is 31.9 Å². The quantitative estimate of drug-likeness (QED) is 0.265. The normalized spacial score (nSPS) is 11.5. The van der Waals surface area contributed by atoms with Gasteiger partial charge in [0.1, 0.15) is 5.02 Å². The molecule has 0 heterocycles. The first kappa shape index (κ1) is 25.0. The molecule has 170 valence electrons. The highest BCUT2D eigenvalue weighted by Crippen LogP contribution is 2.25. The highest BCUT2D eigenvalue weighted by Gasteiger charge is 2.20. The maximum absolute atomic E-state index is 12.4. The van der Waals surface area contributed by atoms with Crippen molar-refractivity contribution in [1.29, 1.82) is 0 Å². The van der Waals surface area contributed by atoms with E-state index in [-0.39, 0.29) is 21.3 Å². The predicted octanol–water partition coefficient (Wildman–Crippen LogP) is 3.00. The molecule has 0 fully saturated rings. The van der Waals surface area contributed by atoms with Gasteiger partial charge in [-0.25, -0.2) is 17.5 Å². The lowest BCUT2D eigenvalue weighted by molar-refractivity contribution is -0.384. The Morgan fingerprint density at radius 2 is 1.91 bits per heavy atom. The Hall–Kier alpha value is -3.28. The number of sulfonamides is 1. The van der Waals surface area contributed by atoms with Crippen molar-refractivity contribution >= 4 is 51.0 Å². The number of nitro groups is 1. The molecular formula is C20H20ClN3O7S. The molecule has 2 rings (SSSR count). The van der Waals surface area contributed by atoms with Gasteiger partial charge in [-0.1, -0.05) is 23.7 Å². The SMILES string of the molecule is Cc1ccc(NC(=O)COC(=O)/C=C/c2ccc(Cl)c([N+](=O)[O-])c2)cc1S(=O)(=O)N(C)C. The van der Waals surface area contributed by atoms with Crippen molar-refractivity contribution in [2.75, 3.05) is 26.0 Å². The molecule has 1 N–H and O–H groups in total. The summed E-state index contributed by atoms with van der Waals surface area (Å²) in [6.45, 7) is 1.01. The number of aryl methyl sites for hydroxylation is 1. The van der Waals surface area contributed by atoms with E-state index in [1.807, 2.05) is 0 Å². The highest BCUT2D eigenvalue weighted by atomic mass is 35.5. The number of halogens is 1. The molecule has 32 heavy (non-hydrogen) atoms. The lowest BCUT2D eigenvalue weighted by Gasteiger charge is -2.15. The van der Waals surface area contributed by atoms with Gasteiger partial charge in [-0.2, -0.15) is 0 Å². The van der Waals surface area contributed by atoms with Crippen LogP contribution in [0, 0.1) is 17.0 Å². The molecule has 0 saturated carbocycles. The Kier molecular flexibility index (Phi) is 8.08. The summed E-state index contributed by atoms with van der Waals surface area (Å²) in [5.41, 5.74) is 0.767. The van der Waals surface area contributed by atoms with Crippen LogP contribution in [-0.2, 0) is 24.3 Å². The van der Waals surface area contributed by atoms with Crippen molar-refractivity contribution < 1.29 is 27.7 Å². The number of nitrogens with one attached hydrogen (secondary N) is 1. The Balaban J connectivity index is 1.99. The smallest absolute Gasteiger partial charge is 0.331 e. The van der Waals surface area contributed by atoms with Crippen molar-refractivity contribution in [3.63, 3.8) is 0 Å². The van der Waals surface area contributed by atoms with Crippen LogP contribution in [0.25, 0.3) is 6.08 Å². The fourth-order valence-corrected chi connectivity index (χ4v) is 3.80. The lowest BCUT2D eigenvalue weighted by Crippen LogP contribution is -2.24. The summed E-state index contributed by atoms with van der Waals surface area (Å²) < 4.78 is 30.6. The Labute approximate surface area is 189 Å². The average Bonchev–Trinajstić information content (AvgIpc) is 2.72. The number of benzene rings is 2. The van der Waals surface area contributed by atoms with E-state index in [1.54, 1.807) is 13.0 Å². The molecule has 0 aliphatic rings. The summed E-state index contributed by atoms with van der Waals surface area (Å²) in [6.07, 6.45) is 2.29. The molecule has 0 atom stereocenters. The Bertz CT molecular complexity index is 1190. The maximum atomic E-state index is 12.4. The van der Waals surface area contributed by atoms with Crippen molar-refractivity contribution in [2.45, 2.75) is 11.8 Å². The first-order chi connectivity index (χ1) is 14.9. The van der Waals surface area contributed by atoms with Crippen molar-refractivity contribution in [2.24, 2.45) is 0 Å². The number of hydrogen-bond donors (Lipinski definition) is 1. The number of nitro benzene ring substituents is 1. The maximum Gasteiger partial charge on any atom is 0.331 e. The molecule has 0 saturated heterocycles. The highest BCUT2D eigenvalue weighted by molar-refractivity contribution is 7.89. The molecule has 0 aliphatic carbocycles. The van der Waals surface area contributed by atoms with E-state index < -0.39 is 33.4 Å². The summed E-state index contributed by atoms with van der Waals surface area (Å²) in [4.78, 5) is 34.2. The van der Waals surface area contributed by atoms with Gasteiger partial charge in [-0.05, 0) is 42.3 Å². The zero-order valence-electron chi connectivity index (χ0n) is 17.4. The van der Waals surface area contributed by atoms with Crippen LogP contribution in [0.3, 0.4) is 0 Å². The third kappa shape index (κ3) is 6.36.